The zero-order valence-electron chi connectivity index (χ0n) is 13.5. The van der Waals surface area contributed by atoms with Gasteiger partial charge in [0.2, 0.25) is 5.91 Å². The minimum atomic E-state index is -0.497. The quantitative estimate of drug-likeness (QED) is 0.940. The van der Waals surface area contributed by atoms with Crippen molar-refractivity contribution >= 4 is 17.5 Å². The van der Waals surface area contributed by atoms with Gasteiger partial charge in [-0.25, -0.2) is 4.39 Å². The van der Waals surface area contributed by atoms with Crippen LogP contribution < -0.4 is 5.32 Å². The second-order valence-electron chi connectivity index (χ2n) is 6.02. The molecular formula is C19H19FN2O2. The molecule has 1 heterocycles. The topological polar surface area (TPSA) is 49.4 Å². The van der Waals surface area contributed by atoms with Crippen LogP contribution in [0.15, 0.2) is 48.5 Å². The van der Waals surface area contributed by atoms with Gasteiger partial charge in [0.1, 0.15) is 11.9 Å². The molecule has 2 amide bonds. The number of hydrogen-bond donors (Lipinski definition) is 1. The highest BCUT2D eigenvalue weighted by Gasteiger charge is 2.34. The van der Waals surface area contributed by atoms with E-state index in [1.807, 2.05) is 31.2 Å². The number of anilines is 1. The number of halogens is 1. The molecule has 0 aromatic heterocycles. The molecule has 0 unspecified atom stereocenters. The van der Waals surface area contributed by atoms with Gasteiger partial charge in [-0.1, -0.05) is 12.1 Å². The second kappa shape index (κ2) is 6.83. The molecule has 1 fully saturated rings. The molecule has 2 aromatic carbocycles. The Morgan fingerprint density at radius 3 is 2.62 bits per heavy atom. The maximum Gasteiger partial charge on any atom is 0.254 e. The molecule has 1 N–H and O–H groups in total. The number of nitrogens with one attached hydrogen (secondary N) is 1. The maximum absolute atomic E-state index is 13.0. The van der Waals surface area contributed by atoms with E-state index in [1.165, 1.54) is 24.3 Å². The summed E-state index contributed by atoms with van der Waals surface area (Å²) in [5.41, 5.74) is 2.17. The van der Waals surface area contributed by atoms with Gasteiger partial charge in [0, 0.05) is 17.8 Å². The third-order valence-electron chi connectivity index (χ3n) is 4.19. The lowest BCUT2D eigenvalue weighted by Gasteiger charge is -2.24. The van der Waals surface area contributed by atoms with E-state index in [1.54, 1.807) is 4.90 Å². The number of likely N-dealkylation sites (tertiary alicyclic amines) is 1. The maximum atomic E-state index is 13.0. The van der Waals surface area contributed by atoms with Crippen LogP contribution in [-0.2, 0) is 4.79 Å². The Hall–Kier alpha value is -2.69. The molecule has 24 heavy (non-hydrogen) atoms. The van der Waals surface area contributed by atoms with Gasteiger partial charge in [-0.15, -0.1) is 0 Å². The van der Waals surface area contributed by atoms with Crippen molar-refractivity contribution in [2.45, 2.75) is 25.8 Å². The highest BCUT2D eigenvalue weighted by Crippen LogP contribution is 2.22. The fraction of sp³-hybridized carbons (Fsp3) is 0.263. The van der Waals surface area contributed by atoms with Crippen LogP contribution in [0.1, 0.15) is 28.8 Å². The lowest BCUT2D eigenvalue weighted by Crippen LogP contribution is -2.43. The zero-order valence-corrected chi connectivity index (χ0v) is 13.5. The number of nitrogens with zero attached hydrogens (tertiary/aromatic N) is 1. The predicted octanol–water partition coefficient (Wildman–Crippen LogP) is 3.38. The summed E-state index contributed by atoms with van der Waals surface area (Å²) in [6.07, 6.45) is 1.41. The summed E-state index contributed by atoms with van der Waals surface area (Å²) in [5.74, 6) is -0.813. The average molecular weight is 326 g/mol. The van der Waals surface area contributed by atoms with Crippen molar-refractivity contribution in [3.05, 3.63) is 65.5 Å². The molecular weight excluding hydrogens is 307 g/mol. The van der Waals surface area contributed by atoms with E-state index < -0.39 is 6.04 Å². The molecule has 5 heteroatoms. The van der Waals surface area contributed by atoms with E-state index >= 15 is 0 Å². The number of hydrogen-bond acceptors (Lipinski definition) is 2. The van der Waals surface area contributed by atoms with Crippen LogP contribution in [0.5, 0.6) is 0 Å². The third-order valence-corrected chi connectivity index (χ3v) is 4.19. The van der Waals surface area contributed by atoms with Crippen molar-refractivity contribution < 1.29 is 14.0 Å². The van der Waals surface area contributed by atoms with Gasteiger partial charge in [-0.05, 0) is 61.7 Å². The van der Waals surface area contributed by atoms with Gasteiger partial charge >= 0.3 is 0 Å². The van der Waals surface area contributed by atoms with Gasteiger partial charge in [-0.2, -0.15) is 0 Å². The minimum absolute atomic E-state index is 0.187. The summed E-state index contributed by atoms with van der Waals surface area (Å²) < 4.78 is 13.0. The van der Waals surface area contributed by atoms with Crippen LogP contribution in [0.3, 0.4) is 0 Å². The highest BCUT2D eigenvalue weighted by molar-refractivity contribution is 6.01. The number of benzene rings is 2. The molecule has 0 radical (unpaired) electrons. The van der Waals surface area contributed by atoms with Gasteiger partial charge < -0.3 is 10.2 Å². The molecule has 1 aliphatic rings. The van der Waals surface area contributed by atoms with Crippen LogP contribution >= 0.6 is 0 Å². The van der Waals surface area contributed by atoms with E-state index in [0.29, 0.717) is 18.5 Å². The van der Waals surface area contributed by atoms with Crippen molar-refractivity contribution in [2.24, 2.45) is 0 Å². The van der Waals surface area contributed by atoms with Crippen molar-refractivity contribution in [2.75, 3.05) is 11.9 Å². The zero-order chi connectivity index (χ0) is 17.1. The van der Waals surface area contributed by atoms with E-state index in [2.05, 4.69) is 5.32 Å². The number of aryl methyl sites for hydroxylation is 1. The highest BCUT2D eigenvalue weighted by atomic mass is 19.1. The van der Waals surface area contributed by atoms with Gasteiger partial charge in [-0.3, -0.25) is 9.59 Å². The molecule has 0 bridgehead atoms. The largest absolute Gasteiger partial charge is 0.327 e. The first-order valence-corrected chi connectivity index (χ1v) is 7.98. The Bertz CT molecular complexity index is 758. The summed E-state index contributed by atoms with van der Waals surface area (Å²) in [4.78, 5) is 26.7. The Morgan fingerprint density at radius 1 is 1.17 bits per heavy atom. The van der Waals surface area contributed by atoms with E-state index in [0.717, 1.165) is 17.7 Å². The second-order valence-corrected chi connectivity index (χ2v) is 6.02. The predicted molar refractivity (Wildman–Crippen MR) is 90.3 cm³/mol. The van der Waals surface area contributed by atoms with Gasteiger partial charge in [0.15, 0.2) is 0 Å². The first-order valence-electron chi connectivity index (χ1n) is 7.98. The van der Waals surface area contributed by atoms with Crippen LogP contribution in [-0.4, -0.2) is 29.3 Å². The lowest BCUT2D eigenvalue weighted by atomic mass is 10.1. The SMILES string of the molecule is Cc1cccc(NC(=O)[C@@H]2CCCN2C(=O)c2ccc(F)cc2)c1. The smallest absolute Gasteiger partial charge is 0.254 e. The van der Waals surface area contributed by atoms with E-state index in [-0.39, 0.29) is 17.6 Å². The van der Waals surface area contributed by atoms with Gasteiger partial charge in [0.05, 0.1) is 0 Å². The fourth-order valence-corrected chi connectivity index (χ4v) is 2.99. The van der Waals surface area contributed by atoms with E-state index in [4.69, 9.17) is 0 Å². The summed E-state index contributed by atoms with van der Waals surface area (Å²) >= 11 is 0. The first kappa shape index (κ1) is 16.2. The van der Waals surface area contributed by atoms with Crippen LogP contribution in [0, 0.1) is 12.7 Å². The summed E-state index contributed by atoms with van der Waals surface area (Å²) in [6.45, 7) is 2.48. The van der Waals surface area contributed by atoms with Crippen molar-refractivity contribution in [3.8, 4) is 0 Å². The van der Waals surface area contributed by atoms with Crippen LogP contribution in [0.2, 0.25) is 0 Å². The molecule has 0 saturated carbocycles. The number of carbonyl (C=O) groups is 2. The van der Waals surface area contributed by atoms with E-state index in [9.17, 15) is 14.0 Å². The molecule has 1 saturated heterocycles. The number of amides is 2. The standard InChI is InChI=1S/C19H19FN2O2/c1-13-4-2-5-16(12-13)21-18(23)17-6-3-11-22(17)19(24)14-7-9-15(20)10-8-14/h2,4-5,7-10,12,17H,3,6,11H2,1H3,(H,21,23)/t17-/m0/s1. The molecule has 124 valence electrons. The number of carbonyl (C=O) groups excluding carboxylic acids is 2. The van der Waals surface area contributed by atoms with Gasteiger partial charge in [0.25, 0.3) is 5.91 Å². The molecule has 2 aromatic rings. The molecule has 0 spiro atoms. The van der Waals surface area contributed by atoms with Crippen molar-refractivity contribution in [3.63, 3.8) is 0 Å². The Balaban J connectivity index is 1.73. The third kappa shape index (κ3) is 3.45. The first-order chi connectivity index (χ1) is 11.5. The molecule has 1 aliphatic heterocycles. The fourth-order valence-electron chi connectivity index (χ4n) is 2.99. The van der Waals surface area contributed by atoms with Crippen LogP contribution in [0.4, 0.5) is 10.1 Å². The Morgan fingerprint density at radius 2 is 1.92 bits per heavy atom. The molecule has 3 rings (SSSR count). The summed E-state index contributed by atoms with van der Waals surface area (Å²) in [6, 6.07) is 12.5. The monoisotopic (exact) mass is 326 g/mol. The molecule has 1 atom stereocenters. The average Bonchev–Trinajstić information content (AvgIpc) is 3.04. The summed E-state index contributed by atoms with van der Waals surface area (Å²) in [5, 5.41) is 2.88. The van der Waals surface area contributed by atoms with Crippen molar-refractivity contribution in [1.29, 1.82) is 0 Å². The molecule has 4 nitrogen and oxygen atoms in total. The summed E-state index contributed by atoms with van der Waals surface area (Å²) in [7, 11) is 0. The van der Waals surface area contributed by atoms with Crippen LogP contribution in [0.25, 0.3) is 0 Å². The molecule has 0 aliphatic carbocycles. The lowest BCUT2D eigenvalue weighted by molar-refractivity contribution is -0.119. The Labute approximate surface area is 140 Å². The van der Waals surface area contributed by atoms with Crippen molar-refractivity contribution in [1.82, 2.24) is 4.90 Å². The number of rotatable bonds is 3. The normalized spacial score (nSPS) is 16.9. The minimum Gasteiger partial charge on any atom is -0.327 e. The Kier molecular flexibility index (Phi) is 4.60.